The third-order valence-corrected chi connectivity index (χ3v) is 3.85. The van der Waals surface area contributed by atoms with Gasteiger partial charge in [-0.05, 0) is 17.7 Å². The molecular weight excluding hydrogens is 272 g/mol. The Balaban J connectivity index is 1.94. The number of hydrogen-bond acceptors (Lipinski definition) is 2. The molecule has 3 nitrogen and oxygen atoms in total. The molecule has 2 aromatic heterocycles. The molecule has 4 aromatic rings. The van der Waals surface area contributed by atoms with Crippen molar-refractivity contribution in [2.24, 2.45) is 0 Å². The molecule has 2 heterocycles. The van der Waals surface area contributed by atoms with Crippen LogP contribution in [0.2, 0.25) is 0 Å². The summed E-state index contributed by atoms with van der Waals surface area (Å²) in [6.07, 6.45) is 3.63. The second kappa shape index (κ2) is 5.04. The Bertz CT molecular complexity index is 942. The maximum Gasteiger partial charge on any atom is 0.149 e. The van der Waals surface area contributed by atoms with Gasteiger partial charge in [-0.15, -0.1) is 0 Å². The topological polar surface area (TPSA) is 48.9 Å². The van der Waals surface area contributed by atoms with E-state index in [1.165, 1.54) is 0 Å². The highest BCUT2D eigenvalue weighted by molar-refractivity contribution is 5.97. The van der Waals surface area contributed by atoms with Crippen LogP contribution in [0, 0.1) is 0 Å². The zero-order valence-electron chi connectivity index (χ0n) is 11.8. The van der Waals surface area contributed by atoms with Crippen molar-refractivity contribution in [1.29, 1.82) is 0 Å². The maximum atomic E-state index is 10.7. The minimum atomic E-state index is 0.207. The van der Waals surface area contributed by atoms with Crippen molar-refractivity contribution < 1.29 is 5.11 Å². The number of benzene rings is 2. The van der Waals surface area contributed by atoms with E-state index in [0.29, 0.717) is 5.69 Å². The van der Waals surface area contributed by atoms with E-state index in [4.69, 9.17) is 0 Å². The zero-order chi connectivity index (χ0) is 14.9. The largest absolute Gasteiger partial charge is 0.505 e. The van der Waals surface area contributed by atoms with Crippen LogP contribution < -0.4 is 0 Å². The second-order valence-corrected chi connectivity index (χ2v) is 5.17. The van der Waals surface area contributed by atoms with E-state index in [0.717, 1.165) is 27.6 Å². The van der Waals surface area contributed by atoms with Crippen LogP contribution in [0.3, 0.4) is 0 Å². The average Bonchev–Trinajstić information content (AvgIpc) is 3.00. The number of fused-ring (bicyclic) bond motifs is 1. The van der Waals surface area contributed by atoms with Crippen molar-refractivity contribution in [2.75, 3.05) is 0 Å². The van der Waals surface area contributed by atoms with Gasteiger partial charge < -0.3 is 10.1 Å². The van der Waals surface area contributed by atoms with E-state index in [2.05, 4.69) is 9.97 Å². The van der Waals surface area contributed by atoms with Crippen LogP contribution in [0.25, 0.3) is 33.3 Å². The van der Waals surface area contributed by atoms with E-state index in [-0.39, 0.29) is 5.75 Å². The number of H-pyrrole nitrogens is 1. The van der Waals surface area contributed by atoms with Gasteiger partial charge in [0.25, 0.3) is 0 Å². The fraction of sp³-hybridized carbons (Fsp3) is 0. The summed E-state index contributed by atoms with van der Waals surface area (Å²) in [4.78, 5) is 7.61. The summed E-state index contributed by atoms with van der Waals surface area (Å²) in [5.41, 5.74) is 4.30. The number of rotatable bonds is 2. The quantitative estimate of drug-likeness (QED) is 0.565. The first-order valence-corrected chi connectivity index (χ1v) is 7.14. The van der Waals surface area contributed by atoms with Gasteiger partial charge in [0.1, 0.15) is 11.4 Å². The summed E-state index contributed by atoms with van der Waals surface area (Å²) < 4.78 is 0. The molecule has 106 valence electrons. The summed E-state index contributed by atoms with van der Waals surface area (Å²) >= 11 is 0. The first kappa shape index (κ1) is 12.7. The van der Waals surface area contributed by atoms with Crippen molar-refractivity contribution in [3.05, 3.63) is 73.1 Å². The Hall–Kier alpha value is -3.07. The number of aromatic nitrogens is 2. The van der Waals surface area contributed by atoms with Gasteiger partial charge in [0, 0.05) is 34.4 Å². The first-order chi connectivity index (χ1) is 10.8. The predicted octanol–water partition coefficient (Wildman–Crippen LogP) is 4.60. The Morgan fingerprint density at radius 2 is 1.59 bits per heavy atom. The lowest BCUT2D eigenvalue weighted by Gasteiger charge is -2.08. The minimum absolute atomic E-state index is 0.207. The molecule has 0 saturated heterocycles. The molecule has 2 N–H and O–H groups in total. The highest BCUT2D eigenvalue weighted by atomic mass is 16.3. The molecular formula is C19H14N2O. The summed E-state index contributed by atoms with van der Waals surface area (Å²) in [5.74, 6) is 0.207. The Morgan fingerprint density at radius 1 is 0.818 bits per heavy atom. The number of para-hydroxylation sites is 1. The summed E-state index contributed by atoms with van der Waals surface area (Å²) in [6.45, 7) is 0. The fourth-order valence-electron chi connectivity index (χ4n) is 2.77. The molecule has 0 unspecified atom stereocenters. The van der Waals surface area contributed by atoms with E-state index in [1.807, 2.05) is 66.9 Å². The molecule has 4 rings (SSSR count). The summed E-state index contributed by atoms with van der Waals surface area (Å²) in [6, 6.07) is 19.7. The molecule has 22 heavy (non-hydrogen) atoms. The van der Waals surface area contributed by atoms with E-state index in [9.17, 15) is 5.11 Å². The van der Waals surface area contributed by atoms with Gasteiger partial charge in [-0.25, -0.2) is 0 Å². The van der Waals surface area contributed by atoms with Gasteiger partial charge in [-0.3, -0.25) is 4.98 Å². The number of nitrogens with zero attached hydrogens (tertiary/aromatic N) is 1. The molecule has 3 heteroatoms. The zero-order valence-corrected chi connectivity index (χ0v) is 11.8. The molecule has 0 aliphatic rings. The molecule has 0 fully saturated rings. The monoisotopic (exact) mass is 286 g/mol. The number of pyridine rings is 1. The molecule has 0 spiro atoms. The maximum absolute atomic E-state index is 10.7. The Morgan fingerprint density at radius 3 is 2.45 bits per heavy atom. The lowest BCUT2D eigenvalue weighted by atomic mass is 10.0. The van der Waals surface area contributed by atoms with Gasteiger partial charge in [-0.1, -0.05) is 48.5 Å². The second-order valence-electron chi connectivity index (χ2n) is 5.17. The highest BCUT2D eigenvalue weighted by Gasteiger charge is 2.15. The van der Waals surface area contributed by atoms with Crippen LogP contribution in [0.5, 0.6) is 5.75 Å². The molecule has 0 amide bonds. The van der Waals surface area contributed by atoms with Gasteiger partial charge in [-0.2, -0.15) is 0 Å². The molecule has 0 atom stereocenters. The van der Waals surface area contributed by atoms with Crippen LogP contribution in [0.15, 0.2) is 73.1 Å². The number of hydrogen-bond donors (Lipinski definition) is 2. The van der Waals surface area contributed by atoms with Gasteiger partial charge in [0.2, 0.25) is 0 Å². The summed E-state index contributed by atoms with van der Waals surface area (Å²) in [7, 11) is 0. The minimum Gasteiger partial charge on any atom is -0.505 e. The molecule has 0 aliphatic carbocycles. The molecule has 0 aliphatic heterocycles. The van der Waals surface area contributed by atoms with Crippen LogP contribution in [0.1, 0.15) is 0 Å². The van der Waals surface area contributed by atoms with Crippen LogP contribution in [-0.4, -0.2) is 15.1 Å². The third kappa shape index (κ3) is 1.95. The van der Waals surface area contributed by atoms with Gasteiger partial charge >= 0.3 is 0 Å². The predicted molar refractivity (Wildman–Crippen MR) is 88.6 cm³/mol. The van der Waals surface area contributed by atoms with Crippen molar-refractivity contribution in [2.45, 2.75) is 0 Å². The molecule has 0 bridgehead atoms. The van der Waals surface area contributed by atoms with Crippen molar-refractivity contribution in [3.8, 4) is 28.1 Å². The van der Waals surface area contributed by atoms with Crippen LogP contribution in [0.4, 0.5) is 0 Å². The summed E-state index contributed by atoms with van der Waals surface area (Å²) in [5, 5.41) is 11.7. The van der Waals surface area contributed by atoms with E-state index in [1.54, 1.807) is 6.20 Å². The van der Waals surface area contributed by atoms with E-state index >= 15 is 0 Å². The smallest absolute Gasteiger partial charge is 0.149 e. The molecule has 0 saturated carbocycles. The van der Waals surface area contributed by atoms with Gasteiger partial charge in [0.05, 0.1) is 0 Å². The average molecular weight is 286 g/mol. The van der Waals surface area contributed by atoms with Crippen molar-refractivity contribution in [1.82, 2.24) is 9.97 Å². The Kier molecular flexibility index (Phi) is 2.90. The third-order valence-electron chi connectivity index (χ3n) is 3.85. The lowest BCUT2D eigenvalue weighted by Crippen LogP contribution is -1.87. The van der Waals surface area contributed by atoms with Crippen molar-refractivity contribution in [3.63, 3.8) is 0 Å². The number of aromatic hydroxyl groups is 1. The van der Waals surface area contributed by atoms with Crippen LogP contribution >= 0.6 is 0 Å². The normalized spacial score (nSPS) is 10.9. The Labute approximate surface area is 127 Å². The number of nitrogens with one attached hydrogen (secondary N) is 1. The standard InChI is InChI=1S/C19H14N2O/c22-19-14(13-6-2-1-3-7-13)10-11-20-18(19)16-12-21-17-9-5-4-8-15(16)17/h1-12,21-22H. The highest BCUT2D eigenvalue weighted by Crippen LogP contribution is 2.38. The fourth-order valence-corrected chi connectivity index (χ4v) is 2.77. The lowest BCUT2D eigenvalue weighted by molar-refractivity contribution is 0.477. The van der Waals surface area contributed by atoms with E-state index < -0.39 is 0 Å². The van der Waals surface area contributed by atoms with Crippen LogP contribution in [-0.2, 0) is 0 Å². The molecule has 0 radical (unpaired) electrons. The first-order valence-electron chi connectivity index (χ1n) is 7.14. The van der Waals surface area contributed by atoms with Gasteiger partial charge in [0.15, 0.2) is 0 Å². The van der Waals surface area contributed by atoms with Crippen molar-refractivity contribution >= 4 is 10.9 Å². The SMILES string of the molecule is Oc1c(-c2ccccc2)ccnc1-c1c[nH]c2ccccc12. The molecule has 2 aromatic carbocycles. The number of aromatic amines is 1.